The number of rotatable bonds is 2. The van der Waals surface area contributed by atoms with Crippen LogP contribution in [0.1, 0.15) is 5.56 Å². The molecule has 2 aliphatic rings. The highest BCUT2D eigenvalue weighted by molar-refractivity contribution is 5.91. The average Bonchev–Trinajstić information content (AvgIpc) is 3.19. The van der Waals surface area contributed by atoms with Crippen molar-refractivity contribution < 1.29 is 13.9 Å². The molecule has 1 unspecified atom stereocenters. The predicted molar refractivity (Wildman–Crippen MR) is 107 cm³/mol. The van der Waals surface area contributed by atoms with Gasteiger partial charge in [-0.05, 0) is 29.0 Å². The van der Waals surface area contributed by atoms with Gasteiger partial charge in [0, 0.05) is 38.2 Å². The van der Waals surface area contributed by atoms with Crippen molar-refractivity contribution in [2.75, 3.05) is 31.1 Å². The topological polar surface area (TPSA) is 32.8 Å². The number of fused-ring (bicyclic) bond motifs is 3. The van der Waals surface area contributed by atoms with Crippen molar-refractivity contribution in [2.24, 2.45) is 0 Å². The lowest BCUT2D eigenvalue weighted by molar-refractivity contribution is -0.138. The summed E-state index contributed by atoms with van der Waals surface area (Å²) in [5.74, 6) is 0.610. The van der Waals surface area contributed by atoms with Gasteiger partial charge < -0.3 is 14.5 Å². The van der Waals surface area contributed by atoms with Crippen molar-refractivity contribution in [3.8, 4) is 5.75 Å². The maximum Gasteiger partial charge on any atom is 0.264 e. The number of carbonyl (C=O) groups is 1. The fourth-order valence-corrected chi connectivity index (χ4v) is 4.23. The van der Waals surface area contributed by atoms with Gasteiger partial charge in [-0.3, -0.25) is 4.79 Å². The van der Waals surface area contributed by atoms with E-state index in [0.29, 0.717) is 38.3 Å². The number of piperazine rings is 1. The number of anilines is 1. The SMILES string of the molecule is O=C(C1Cc2c(ccc3ccccc23)O1)N1CCN(c2ccccc2F)CC1. The summed E-state index contributed by atoms with van der Waals surface area (Å²) in [5, 5.41) is 2.32. The molecule has 28 heavy (non-hydrogen) atoms. The first-order chi connectivity index (χ1) is 13.7. The molecule has 142 valence electrons. The monoisotopic (exact) mass is 376 g/mol. The van der Waals surface area contributed by atoms with E-state index in [1.54, 1.807) is 12.1 Å². The minimum atomic E-state index is -0.471. The van der Waals surface area contributed by atoms with E-state index in [1.165, 1.54) is 6.07 Å². The van der Waals surface area contributed by atoms with Gasteiger partial charge >= 0.3 is 0 Å². The molecule has 5 heteroatoms. The Labute approximate surface area is 163 Å². The smallest absolute Gasteiger partial charge is 0.264 e. The number of hydrogen-bond acceptors (Lipinski definition) is 3. The molecular formula is C23H21FN2O2. The zero-order chi connectivity index (χ0) is 19.1. The van der Waals surface area contributed by atoms with Gasteiger partial charge in [0.2, 0.25) is 0 Å². The van der Waals surface area contributed by atoms with Crippen molar-refractivity contribution in [3.63, 3.8) is 0 Å². The van der Waals surface area contributed by atoms with Gasteiger partial charge in [-0.2, -0.15) is 0 Å². The van der Waals surface area contributed by atoms with Crippen LogP contribution in [0.25, 0.3) is 10.8 Å². The summed E-state index contributed by atoms with van der Waals surface area (Å²) in [6, 6.07) is 19.0. The van der Waals surface area contributed by atoms with E-state index in [9.17, 15) is 9.18 Å². The summed E-state index contributed by atoms with van der Waals surface area (Å²) in [6.07, 6.45) is 0.129. The summed E-state index contributed by atoms with van der Waals surface area (Å²) in [7, 11) is 0. The molecule has 0 spiro atoms. The van der Waals surface area contributed by atoms with Crippen molar-refractivity contribution >= 4 is 22.4 Å². The average molecular weight is 376 g/mol. The Hall–Kier alpha value is -3.08. The highest BCUT2D eigenvalue weighted by Gasteiger charge is 2.34. The zero-order valence-corrected chi connectivity index (χ0v) is 15.5. The predicted octanol–water partition coefficient (Wildman–Crippen LogP) is 3.63. The van der Waals surface area contributed by atoms with Crippen LogP contribution in [0.3, 0.4) is 0 Å². The van der Waals surface area contributed by atoms with Crippen molar-refractivity contribution in [1.29, 1.82) is 0 Å². The number of benzene rings is 3. The van der Waals surface area contributed by atoms with Gasteiger partial charge in [-0.15, -0.1) is 0 Å². The van der Waals surface area contributed by atoms with Crippen LogP contribution in [0.2, 0.25) is 0 Å². The molecule has 5 rings (SSSR count). The number of nitrogens with zero attached hydrogens (tertiary/aromatic N) is 2. The third-order valence-electron chi connectivity index (χ3n) is 5.72. The van der Waals surface area contributed by atoms with E-state index in [4.69, 9.17) is 4.74 Å². The van der Waals surface area contributed by atoms with Crippen LogP contribution in [0.15, 0.2) is 60.7 Å². The molecule has 2 heterocycles. The molecule has 3 aromatic rings. The Kier molecular flexibility index (Phi) is 4.15. The molecule has 0 aliphatic carbocycles. The van der Waals surface area contributed by atoms with Crippen molar-refractivity contribution in [3.05, 3.63) is 72.0 Å². The number of halogens is 1. The minimum Gasteiger partial charge on any atom is -0.480 e. The lowest BCUT2D eigenvalue weighted by Crippen LogP contribution is -2.52. The highest BCUT2D eigenvalue weighted by Crippen LogP contribution is 2.35. The molecule has 1 fully saturated rings. The number of para-hydroxylation sites is 1. The largest absolute Gasteiger partial charge is 0.480 e. The Morgan fingerprint density at radius 2 is 1.68 bits per heavy atom. The maximum absolute atomic E-state index is 14.0. The summed E-state index contributed by atoms with van der Waals surface area (Å²) in [6.45, 7) is 2.39. The van der Waals surface area contributed by atoms with E-state index in [-0.39, 0.29) is 11.7 Å². The van der Waals surface area contributed by atoms with Gasteiger partial charge in [-0.1, -0.05) is 42.5 Å². The quantitative estimate of drug-likeness (QED) is 0.685. The van der Waals surface area contributed by atoms with Crippen LogP contribution < -0.4 is 9.64 Å². The second-order valence-electron chi connectivity index (χ2n) is 7.34. The third kappa shape index (κ3) is 2.87. The first-order valence-electron chi connectivity index (χ1n) is 9.66. The summed E-state index contributed by atoms with van der Waals surface area (Å²) in [5.41, 5.74) is 1.71. The first kappa shape index (κ1) is 17.0. The summed E-state index contributed by atoms with van der Waals surface area (Å²) in [4.78, 5) is 16.9. The number of ether oxygens (including phenoxy) is 1. The van der Waals surface area contributed by atoms with Gasteiger partial charge in [-0.25, -0.2) is 4.39 Å². The third-order valence-corrected chi connectivity index (χ3v) is 5.72. The molecular weight excluding hydrogens is 355 g/mol. The molecule has 3 aromatic carbocycles. The fraction of sp³-hybridized carbons (Fsp3) is 0.261. The highest BCUT2D eigenvalue weighted by atomic mass is 19.1. The molecule has 1 amide bonds. The molecule has 1 atom stereocenters. The molecule has 0 saturated carbocycles. The van der Waals surface area contributed by atoms with E-state index in [0.717, 1.165) is 22.1 Å². The van der Waals surface area contributed by atoms with Crippen LogP contribution in [0, 0.1) is 5.82 Å². The van der Waals surface area contributed by atoms with E-state index < -0.39 is 6.10 Å². The van der Waals surface area contributed by atoms with Crippen LogP contribution in [-0.2, 0) is 11.2 Å². The van der Waals surface area contributed by atoms with Crippen LogP contribution >= 0.6 is 0 Å². The van der Waals surface area contributed by atoms with E-state index in [1.807, 2.05) is 40.1 Å². The second kappa shape index (κ2) is 6.82. The first-order valence-corrected chi connectivity index (χ1v) is 9.66. The second-order valence-corrected chi connectivity index (χ2v) is 7.34. The van der Waals surface area contributed by atoms with Crippen LogP contribution in [-0.4, -0.2) is 43.1 Å². The normalized spacial score (nSPS) is 18.8. The van der Waals surface area contributed by atoms with Gasteiger partial charge in [0.15, 0.2) is 6.10 Å². The van der Waals surface area contributed by atoms with Gasteiger partial charge in [0.1, 0.15) is 11.6 Å². The van der Waals surface area contributed by atoms with E-state index in [2.05, 4.69) is 12.1 Å². The van der Waals surface area contributed by atoms with Crippen molar-refractivity contribution in [2.45, 2.75) is 12.5 Å². The lowest BCUT2D eigenvalue weighted by atomic mass is 10.0. The molecule has 0 radical (unpaired) electrons. The molecule has 1 saturated heterocycles. The minimum absolute atomic E-state index is 0.0217. The molecule has 2 aliphatic heterocycles. The molecule has 4 nitrogen and oxygen atoms in total. The number of amides is 1. The Morgan fingerprint density at radius 1 is 0.929 bits per heavy atom. The van der Waals surface area contributed by atoms with Crippen molar-refractivity contribution in [1.82, 2.24) is 4.90 Å². The lowest BCUT2D eigenvalue weighted by Gasteiger charge is -2.37. The Bertz CT molecular complexity index is 1040. The molecule has 0 N–H and O–H groups in total. The molecule has 0 bridgehead atoms. The standard InChI is InChI=1S/C23H21FN2O2/c24-19-7-3-4-8-20(19)25-11-13-26(14-12-25)23(27)22-15-18-17-6-2-1-5-16(17)9-10-21(18)28-22/h1-10,22H,11-15H2. The molecule has 0 aromatic heterocycles. The zero-order valence-electron chi connectivity index (χ0n) is 15.5. The van der Waals surface area contributed by atoms with Crippen LogP contribution in [0.5, 0.6) is 5.75 Å². The summed E-state index contributed by atoms with van der Waals surface area (Å²) < 4.78 is 20.0. The number of carbonyl (C=O) groups excluding carboxylic acids is 1. The van der Waals surface area contributed by atoms with E-state index >= 15 is 0 Å². The summed E-state index contributed by atoms with van der Waals surface area (Å²) >= 11 is 0. The Balaban J connectivity index is 1.28. The maximum atomic E-state index is 14.0. The van der Waals surface area contributed by atoms with Crippen LogP contribution in [0.4, 0.5) is 10.1 Å². The fourth-order valence-electron chi connectivity index (χ4n) is 4.23. The number of hydrogen-bond donors (Lipinski definition) is 0. The Morgan fingerprint density at radius 3 is 2.50 bits per heavy atom. The van der Waals surface area contributed by atoms with Gasteiger partial charge in [0.05, 0.1) is 5.69 Å². The van der Waals surface area contributed by atoms with Gasteiger partial charge in [0.25, 0.3) is 5.91 Å².